The van der Waals surface area contributed by atoms with Crippen LogP contribution in [-0.4, -0.2) is 24.3 Å². The minimum Gasteiger partial charge on any atom is -0.347 e. The minimum absolute atomic E-state index is 0.172. The Kier molecular flexibility index (Phi) is 5.64. The Bertz CT molecular complexity index is 646. The maximum absolute atomic E-state index is 12.1. The number of rotatable bonds is 3. The zero-order chi connectivity index (χ0) is 17.9. The van der Waals surface area contributed by atoms with Gasteiger partial charge in [0.15, 0.2) is 0 Å². The molecule has 3 N–H and O–H groups in total. The van der Waals surface area contributed by atoms with Crippen molar-refractivity contribution < 1.29 is 14.4 Å². The molecule has 3 amide bonds. The van der Waals surface area contributed by atoms with Gasteiger partial charge in [-0.25, -0.2) is 0 Å². The first kappa shape index (κ1) is 18.4. The molecule has 24 heavy (non-hydrogen) atoms. The minimum atomic E-state index is -0.559. The number of fused-ring (bicyclic) bond motifs is 1. The van der Waals surface area contributed by atoms with E-state index in [1.807, 2.05) is 6.07 Å². The van der Waals surface area contributed by atoms with Crippen LogP contribution in [-0.2, 0) is 22.4 Å². The van der Waals surface area contributed by atoms with E-state index in [9.17, 15) is 14.4 Å². The van der Waals surface area contributed by atoms with Crippen molar-refractivity contribution in [1.82, 2.24) is 16.2 Å². The summed E-state index contributed by atoms with van der Waals surface area (Å²) in [6.45, 7) is 7.34. The number of carbonyl (C=O) groups excluding carboxylic acids is 3. The second-order valence-electron chi connectivity index (χ2n) is 7.34. The van der Waals surface area contributed by atoms with Gasteiger partial charge in [0.2, 0.25) is 5.91 Å². The highest BCUT2D eigenvalue weighted by Gasteiger charge is 2.22. The van der Waals surface area contributed by atoms with Gasteiger partial charge < -0.3 is 5.32 Å². The van der Waals surface area contributed by atoms with Crippen LogP contribution in [0, 0.1) is 11.3 Å². The van der Waals surface area contributed by atoms with Gasteiger partial charge in [0.25, 0.3) is 11.8 Å². The number of thiophene rings is 1. The topological polar surface area (TPSA) is 87.3 Å². The summed E-state index contributed by atoms with van der Waals surface area (Å²) < 4.78 is 0. The lowest BCUT2D eigenvalue weighted by atomic mass is 9.90. The SMILES string of the molecule is CC1CCc2sc(C(=O)NNC(=O)CNC(=O)C(C)(C)C)cc2C1. The Morgan fingerprint density at radius 2 is 1.96 bits per heavy atom. The van der Waals surface area contributed by atoms with E-state index >= 15 is 0 Å². The van der Waals surface area contributed by atoms with Gasteiger partial charge in [-0.1, -0.05) is 27.7 Å². The average molecular weight is 351 g/mol. The quantitative estimate of drug-likeness (QED) is 0.726. The molecule has 0 bridgehead atoms. The number of hydrogen-bond acceptors (Lipinski definition) is 4. The number of carbonyl (C=O) groups is 3. The molecular formula is C17H25N3O3S. The van der Waals surface area contributed by atoms with Crippen molar-refractivity contribution in [2.75, 3.05) is 6.54 Å². The van der Waals surface area contributed by atoms with Crippen LogP contribution < -0.4 is 16.2 Å². The van der Waals surface area contributed by atoms with Gasteiger partial charge in [-0.05, 0) is 36.8 Å². The molecule has 6 nitrogen and oxygen atoms in total. The molecule has 0 radical (unpaired) electrons. The first-order valence-electron chi connectivity index (χ1n) is 8.16. The number of amides is 3. The van der Waals surface area contributed by atoms with Crippen LogP contribution in [0.5, 0.6) is 0 Å². The zero-order valence-corrected chi connectivity index (χ0v) is 15.4. The maximum Gasteiger partial charge on any atom is 0.279 e. The molecule has 1 aromatic heterocycles. The van der Waals surface area contributed by atoms with Crippen molar-refractivity contribution in [2.45, 2.75) is 47.0 Å². The Morgan fingerprint density at radius 3 is 2.62 bits per heavy atom. The second-order valence-corrected chi connectivity index (χ2v) is 8.48. The molecule has 7 heteroatoms. The average Bonchev–Trinajstić information content (AvgIpc) is 2.92. The van der Waals surface area contributed by atoms with Crippen molar-refractivity contribution in [3.63, 3.8) is 0 Å². The highest BCUT2D eigenvalue weighted by molar-refractivity contribution is 7.14. The van der Waals surface area contributed by atoms with E-state index in [2.05, 4.69) is 23.1 Å². The van der Waals surface area contributed by atoms with Crippen molar-refractivity contribution in [3.05, 3.63) is 21.4 Å². The van der Waals surface area contributed by atoms with Crippen LogP contribution in [0.3, 0.4) is 0 Å². The van der Waals surface area contributed by atoms with Gasteiger partial charge in [0.1, 0.15) is 0 Å². The molecule has 132 valence electrons. The highest BCUT2D eigenvalue weighted by atomic mass is 32.1. The molecule has 1 aliphatic carbocycles. The molecule has 0 aliphatic heterocycles. The van der Waals surface area contributed by atoms with E-state index in [1.54, 1.807) is 20.8 Å². The lowest BCUT2D eigenvalue weighted by Crippen LogP contribution is -2.47. The molecule has 1 aliphatic rings. The molecule has 0 spiro atoms. The van der Waals surface area contributed by atoms with E-state index in [0.29, 0.717) is 10.8 Å². The van der Waals surface area contributed by atoms with Crippen LogP contribution in [0.1, 0.15) is 54.2 Å². The third kappa shape index (κ3) is 4.80. The molecule has 1 unspecified atom stereocenters. The summed E-state index contributed by atoms with van der Waals surface area (Å²) in [5, 5.41) is 2.53. The standard InChI is InChI=1S/C17H25N3O3S/c1-10-5-6-12-11(7-10)8-13(24-12)15(22)20-19-14(21)9-18-16(23)17(2,3)4/h8,10H,5-7,9H2,1-4H3,(H,18,23)(H,19,21)(H,20,22). The fourth-order valence-corrected chi connectivity index (χ4v) is 3.58. The van der Waals surface area contributed by atoms with Crippen molar-refractivity contribution in [2.24, 2.45) is 11.3 Å². The van der Waals surface area contributed by atoms with Gasteiger partial charge >= 0.3 is 0 Å². The summed E-state index contributed by atoms with van der Waals surface area (Å²) in [5.74, 6) is -0.355. The Labute approximate surface area is 146 Å². The van der Waals surface area contributed by atoms with E-state index in [4.69, 9.17) is 0 Å². The van der Waals surface area contributed by atoms with Crippen molar-refractivity contribution >= 4 is 29.1 Å². The highest BCUT2D eigenvalue weighted by Crippen LogP contribution is 2.32. The van der Waals surface area contributed by atoms with E-state index in [0.717, 1.165) is 19.3 Å². The summed E-state index contributed by atoms with van der Waals surface area (Å²) in [7, 11) is 0. The Balaban J connectivity index is 1.81. The first-order chi connectivity index (χ1) is 11.2. The smallest absolute Gasteiger partial charge is 0.279 e. The van der Waals surface area contributed by atoms with Crippen molar-refractivity contribution in [1.29, 1.82) is 0 Å². The van der Waals surface area contributed by atoms with Gasteiger partial charge in [-0.2, -0.15) is 0 Å². The molecule has 0 saturated heterocycles. The van der Waals surface area contributed by atoms with Crippen LogP contribution in [0.15, 0.2) is 6.07 Å². The Morgan fingerprint density at radius 1 is 1.25 bits per heavy atom. The van der Waals surface area contributed by atoms with Crippen molar-refractivity contribution in [3.8, 4) is 0 Å². The number of hydrogen-bond donors (Lipinski definition) is 3. The summed E-state index contributed by atoms with van der Waals surface area (Å²) in [5.41, 5.74) is 5.42. The molecule has 0 fully saturated rings. The van der Waals surface area contributed by atoms with Crippen LogP contribution in [0.2, 0.25) is 0 Å². The number of aryl methyl sites for hydroxylation is 1. The predicted octanol–water partition coefficient (Wildman–Crippen LogP) is 1.80. The molecule has 1 atom stereocenters. The van der Waals surface area contributed by atoms with E-state index in [-0.39, 0.29) is 18.4 Å². The van der Waals surface area contributed by atoms with E-state index in [1.165, 1.54) is 21.8 Å². The number of hydrazine groups is 1. The fourth-order valence-electron chi connectivity index (χ4n) is 2.48. The van der Waals surface area contributed by atoms with Gasteiger partial charge in [-0.15, -0.1) is 11.3 Å². The summed E-state index contributed by atoms with van der Waals surface area (Å²) >= 11 is 1.49. The normalized spacial score (nSPS) is 16.9. The lowest BCUT2D eigenvalue weighted by Gasteiger charge is -2.17. The second kappa shape index (κ2) is 7.34. The van der Waals surface area contributed by atoms with Crippen LogP contribution in [0.25, 0.3) is 0 Å². The zero-order valence-electron chi connectivity index (χ0n) is 14.6. The van der Waals surface area contributed by atoms with E-state index < -0.39 is 11.3 Å². The summed E-state index contributed by atoms with van der Waals surface area (Å²) in [4.78, 5) is 37.4. The first-order valence-corrected chi connectivity index (χ1v) is 8.97. The lowest BCUT2D eigenvalue weighted by molar-refractivity contribution is -0.131. The fraction of sp³-hybridized carbons (Fsp3) is 0.588. The third-order valence-corrected chi connectivity index (χ3v) is 5.20. The monoisotopic (exact) mass is 351 g/mol. The third-order valence-electron chi connectivity index (χ3n) is 3.96. The Hall–Kier alpha value is -1.89. The van der Waals surface area contributed by atoms with Gasteiger partial charge in [-0.3, -0.25) is 25.2 Å². The number of nitrogens with one attached hydrogen (secondary N) is 3. The molecular weight excluding hydrogens is 326 g/mol. The summed E-state index contributed by atoms with van der Waals surface area (Å²) in [6.07, 6.45) is 3.17. The molecule has 0 aromatic carbocycles. The van der Waals surface area contributed by atoms with Gasteiger partial charge in [0, 0.05) is 10.3 Å². The summed E-state index contributed by atoms with van der Waals surface area (Å²) in [6, 6.07) is 1.92. The molecule has 1 aromatic rings. The molecule has 1 heterocycles. The van der Waals surface area contributed by atoms with Crippen LogP contribution >= 0.6 is 11.3 Å². The maximum atomic E-state index is 12.1. The van der Waals surface area contributed by atoms with Crippen LogP contribution in [0.4, 0.5) is 0 Å². The van der Waals surface area contributed by atoms with Gasteiger partial charge in [0.05, 0.1) is 11.4 Å². The predicted molar refractivity (Wildman–Crippen MR) is 93.6 cm³/mol. The molecule has 2 rings (SSSR count). The largest absolute Gasteiger partial charge is 0.347 e. The molecule has 0 saturated carbocycles.